The summed E-state index contributed by atoms with van der Waals surface area (Å²) in [6.07, 6.45) is 0. The van der Waals surface area contributed by atoms with Crippen molar-refractivity contribution in [2.45, 2.75) is 50.3 Å². The molecule has 0 aliphatic carbocycles. The predicted octanol–water partition coefficient (Wildman–Crippen LogP) is 5.66. The third-order valence-electron chi connectivity index (χ3n) is 5.78. The molecule has 32 heavy (non-hydrogen) atoms. The molecule has 168 valence electrons. The molecule has 0 heterocycles. The van der Waals surface area contributed by atoms with Crippen molar-refractivity contribution in [3.8, 4) is 0 Å². The van der Waals surface area contributed by atoms with Gasteiger partial charge in [0.25, 0.3) is 0 Å². The van der Waals surface area contributed by atoms with Gasteiger partial charge in [0.1, 0.15) is 0 Å². The van der Waals surface area contributed by atoms with E-state index in [0.717, 1.165) is 11.1 Å². The minimum absolute atomic E-state index is 0.00269. The third kappa shape index (κ3) is 5.28. The summed E-state index contributed by atoms with van der Waals surface area (Å²) in [6.45, 7) is 10.0. The molecule has 0 aromatic heterocycles. The van der Waals surface area contributed by atoms with E-state index in [1.165, 1.54) is 0 Å². The van der Waals surface area contributed by atoms with E-state index in [4.69, 9.17) is 0 Å². The number of nitrogens with one attached hydrogen (secondary N) is 1. The van der Waals surface area contributed by atoms with Gasteiger partial charge in [-0.2, -0.15) is 0 Å². The second-order valence-electron chi connectivity index (χ2n) is 9.55. The van der Waals surface area contributed by atoms with E-state index in [9.17, 15) is 13.2 Å². The number of carbonyl (C=O) groups excluding carboxylic acids is 1. The van der Waals surface area contributed by atoms with Crippen LogP contribution in [0.15, 0.2) is 83.8 Å². The SMILES string of the molecule is Cc1ccc(C(C)(CS(=O)(=O)c2ccccc2)C(=O)Nc2ccc(C(C)(C)C)cc2)cc1. The maximum absolute atomic E-state index is 13.5. The standard InChI is InChI=1S/C27H31NO3S/c1-20-11-13-22(14-12-20)27(5,19-32(30,31)24-9-7-6-8-10-24)25(29)28-23-17-15-21(16-18-23)26(2,3)4/h6-18H,19H2,1-5H3,(H,28,29). The molecule has 5 heteroatoms. The molecular formula is C27H31NO3S. The highest BCUT2D eigenvalue weighted by atomic mass is 32.2. The summed E-state index contributed by atoms with van der Waals surface area (Å²) in [6, 6.07) is 23.4. The molecule has 3 aromatic carbocycles. The van der Waals surface area contributed by atoms with Crippen molar-refractivity contribution in [1.82, 2.24) is 0 Å². The van der Waals surface area contributed by atoms with Crippen molar-refractivity contribution in [1.29, 1.82) is 0 Å². The van der Waals surface area contributed by atoms with Gasteiger partial charge in [0.15, 0.2) is 9.84 Å². The zero-order valence-electron chi connectivity index (χ0n) is 19.3. The highest BCUT2D eigenvalue weighted by Crippen LogP contribution is 2.31. The van der Waals surface area contributed by atoms with Crippen LogP contribution in [0, 0.1) is 6.92 Å². The molecule has 3 aromatic rings. The fourth-order valence-electron chi connectivity index (χ4n) is 3.62. The Hall–Kier alpha value is -2.92. The van der Waals surface area contributed by atoms with Gasteiger partial charge in [0.2, 0.25) is 5.91 Å². The summed E-state index contributed by atoms with van der Waals surface area (Å²) in [4.78, 5) is 13.7. The number of benzene rings is 3. The van der Waals surface area contributed by atoms with E-state index < -0.39 is 15.3 Å². The van der Waals surface area contributed by atoms with Gasteiger partial charge < -0.3 is 5.32 Å². The van der Waals surface area contributed by atoms with E-state index in [-0.39, 0.29) is 22.0 Å². The molecule has 1 atom stereocenters. The number of amides is 1. The van der Waals surface area contributed by atoms with E-state index in [1.54, 1.807) is 37.3 Å². The van der Waals surface area contributed by atoms with Crippen LogP contribution in [0.1, 0.15) is 44.4 Å². The topological polar surface area (TPSA) is 63.2 Å². The van der Waals surface area contributed by atoms with Crippen LogP contribution in [0.5, 0.6) is 0 Å². The van der Waals surface area contributed by atoms with Crippen LogP contribution in [-0.2, 0) is 25.5 Å². The van der Waals surface area contributed by atoms with Gasteiger partial charge in [-0.15, -0.1) is 0 Å². The second-order valence-corrected chi connectivity index (χ2v) is 11.5. The summed E-state index contributed by atoms with van der Waals surface area (Å²) in [5.41, 5.74) is 2.22. The second kappa shape index (κ2) is 8.91. The largest absolute Gasteiger partial charge is 0.325 e. The molecular weight excluding hydrogens is 418 g/mol. The Morgan fingerprint density at radius 1 is 0.781 bits per heavy atom. The number of hydrogen-bond donors (Lipinski definition) is 1. The monoisotopic (exact) mass is 449 g/mol. The van der Waals surface area contributed by atoms with E-state index >= 15 is 0 Å². The number of sulfone groups is 1. The molecule has 0 radical (unpaired) electrons. The summed E-state index contributed by atoms with van der Waals surface area (Å²) >= 11 is 0. The van der Waals surface area contributed by atoms with Crippen LogP contribution in [0.25, 0.3) is 0 Å². The van der Waals surface area contributed by atoms with Crippen LogP contribution < -0.4 is 5.32 Å². The van der Waals surface area contributed by atoms with Gasteiger partial charge in [-0.1, -0.05) is 80.9 Å². The minimum Gasteiger partial charge on any atom is -0.325 e. The number of anilines is 1. The molecule has 0 saturated carbocycles. The van der Waals surface area contributed by atoms with Crippen molar-refractivity contribution in [3.63, 3.8) is 0 Å². The fraction of sp³-hybridized carbons (Fsp3) is 0.296. The van der Waals surface area contributed by atoms with Crippen molar-refractivity contribution in [2.24, 2.45) is 0 Å². The van der Waals surface area contributed by atoms with Gasteiger partial charge >= 0.3 is 0 Å². The fourth-order valence-corrected chi connectivity index (χ4v) is 5.41. The zero-order chi connectivity index (χ0) is 23.6. The molecule has 0 saturated heterocycles. The molecule has 1 amide bonds. The lowest BCUT2D eigenvalue weighted by atomic mass is 9.83. The van der Waals surface area contributed by atoms with Crippen molar-refractivity contribution in [2.75, 3.05) is 11.1 Å². The van der Waals surface area contributed by atoms with Gasteiger partial charge in [0.05, 0.1) is 16.1 Å². The lowest BCUT2D eigenvalue weighted by molar-refractivity contribution is -0.120. The maximum atomic E-state index is 13.5. The molecule has 4 nitrogen and oxygen atoms in total. The summed E-state index contributed by atoms with van der Waals surface area (Å²) in [5.74, 6) is -0.691. The molecule has 1 N–H and O–H groups in total. The Labute approximate surface area is 191 Å². The molecule has 0 aliphatic rings. The maximum Gasteiger partial charge on any atom is 0.235 e. The first-order valence-corrected chi connectivity index (χ1v) is 12.3. The van der Waals surface area contributed by atoms with Crippen LogP contribution in [0.3, 0.4) is 0 Å². The predicted molar refractivity (Wildman–Crippen MR) is 131 cm³/mol. The normalized spacial score (nSPS) is 13.9. The Morgan fingerprint density at radius 2 is 1.31 bits per heavy atom. The first-order chi connectivity index (χ1) is 14.9. The van der Waals surface area contributed by atoms with Crippen LogP contribution >= 0.6 is 0 Å². The zero-order valence-corrected chi connectivity index (χ0v) is 20.2. The Morgan fingerprint density at radius 3 is 1.84 bits per heavy atom. The summed E-state index contributed by atoms with van der Waals surface area (Å²) in [5, 5.41) is 2.94. The van der Waals surface area contributed by atoms with Crippen LogP contribution in [0.2, 0.25) is 0 Å². The van der Waals surface area contributed by atoms with Crippen LogP contribution in [0.4, 0.5) is 5.69 Å². The van der Waals surface area contributed by atoms with Crippen LogP contribution in [-0.4, -0.2) is 20.1 Å². The quantitative estimate of drug-likeness (QED) is 0.528. The molecule has 0 aliphatic heterocycles. The van der Waals surface area contributed by atoms with Gasteiger partial charge in [-0.25, -0.2) is 8.42 Å². The number of rotatable bonds is 6. The lowest BCUT2D eigenvalue weighted by Crippen LogP contribution is -2.43. The lowest BCUT2D eigenvalue weighted by Gasteiger charge is -2.29. The molecule has 0 spiro atoms. The van der Waals surface area contributed by atoms with Crippen molar-refractivity contribution < 1.29 is 13.2 Å². The van der Waals surface area contributed by atoms with E-state index in [1.807, 2.05) is 55.5 Å². The molecule has 0 bridgehead atoms. The Kier molecular flexibility index (Phi) is 6.61. The average Bonchev–Trinajstić information content (AvgIpc) is 2.74. The van der Waals surface area contributed by atoms with E-state index in [0.29, 0.717) is 11.3 Å². The molecule has 0 fully saturated rings. The number of carbonyl (C=O) groups is 1. The van der Waals surface area contributed by atoms with Crippen molar-refractivity contribution >= 4 is 21.4 Å². The average molecular weight is 450 g/mol. The minimum atomic E-state index is -3.70. The smallest absolute Gasteiger partial charge is 0.235 e. The van der Waals surface area contributed by atoms with Gasteiger partial charge in [0, 0.05) is 5.69 Å². The highest BCUT2D eigenvalue weighted by molar-refractivity contribution is 7.91. The number of hydrogen-bond acceptors (Lipinski definition) is 3. The Balaban J connectivity index is 1.97. The van der Waals surface area contributed by atoms with Gasteiger partial charge in [-0.05, 0) is 54.7 Å². The molecule has 1 unspecified atom stereocenters. The molecule has 3 rings (SSSR count). The third-order valence-corrected chi connectivity index (χ3v) is 7.73. The first-order valence-electron chi connectivity index (χ1n) is 10.7. The van der Waals surface area contributed by atoms with Crippen molar-refractivity contribution in [3.05, 3.63) is 95.6 Å². The number of aryl methyl sites for hydroxylation is 1. The highest BCUT2D eigenvalue weighted by Gasteiger charge is 2.40. The Bertz CT molecular complexity index is 1180. The summed E-state index contributed by atoms with van der Waals surface area (Å²) in [7, 11) is -3.70. The summed E-state index contributed by atoms with van der Waals surface area (Å²) < 4.78 is 26.4. The van der Waals surface area contributed by atoms with Gasteiger partial charge in [-0.3, -0.25) is 4.79 Å². The van der Waals surface area contributed by atoms with E-state index in [2.05, 4.69) is 26.1 Å². The first kappa shape index (κ1) is 23.7.